The summed E-state index contributed by atoms with van der Waals surface area (Å²) in [7, 11) is 1.53. The summed E-state index contributed by atoms with van der Waals surface area (Å²) in [6, 6.07) is 2.59. The molecule has 4 rings (SSSR count). The highest BCUT2D eigenvalue weighted by atomic mass is 32.1. The van der Waals surface area contributed by atoms with E-state index >= 15 is 0 Å². The van der Waals surface area contributed by atoms with Crippen LogP contribution in [0, 0.1) is 6.92 Å². The molecule has 9 nitrogen and oxygen atoms in total. The largest absolute Gasteiger partial charge is 0.418 e. The number of nitrogens with one attached hydrogen (secondary N) is 2. The minimum absolute atomic E-state index is 0.0631. The van der Waals surface area contributed by atoms with E-state index in [-0.39, 0.29) is 11.4 Å². The fourth-order valence-corrected chi connectivity index (χ4v) is 4.19. The van der Waals surface area contributed by atoms with Gasteiger partial charge in [0.15, 0.2) is 0 Å². The molecule has 2 amide bonds. The fraction of sp³-hybridized carbons (Fsp3) is 0.286. The molecule has 0 aliphatic carbocycles. The number of aromatic nitrogens is 5. The Labute approximate surface area is 196 Å². The Bertz CT molecular complexity index is 1350. The number of nitrogens with zero attached hydrogens (tertiary/aromatic N) is 5. The summed E-state index contributed by atoms with van der Waals surface area (Å²) in [5, 5.41) is 13.4. The van der Waals surface area contributed by atoms with Gasteiger partial charge in [-0.1, -0.05) is 11.3 Å². The molecule has 0 saturated carbocycles. The SMILES string of the molecule is COC(C)(C)c1c(NC(=O)Nc2ccc(-n3nccn3)c(C(F)(F)F)c2)cnc2sc(C)nc12. The number of anilines is 2. The zero-order valence-electron chi connectivity index (χ0n) is 18.6. The summed E-state index contributed by atoms with van der Waals surface area (Å²) in [5.41, 5.74) is -0.628. The van der Waals surface area contributed by atoms with Crippen LogP contribution in [0.1, 0.15) is 30.0 Å². The van der Waals surface area contributed by atoms with Crippen LogP contribution in [-0.4, -0.2) is 38.1 Å². The van der Waals surface area contributed by atoms with E-state index in [0.717, 1.165) is 15.9 Å². The Kier molecular flexibility index (Phi) is 6.00. The molecule has 13 heteroatoms. The lowest BCUT2D eigenvalue weighted by Crippen LogP contribution is -2.26. The topological polar surface area (TPSA) is 107 Å². The van der Waals surface area contributed by atoms with E-state index in [0.29, 0.717) is 21.6 Å². The van der Waals surface area contributed by atoms with Gasteiger partial charge in [0.1, 0.15) is 10.3 Å². The highest BCUT2D eigenvalue weighted by molar-refractivity contribution is 7.18. The van der Waals surface area contributed by atoms with Gasteiger partial charge in [0.05, 0.1) is 46.1 Å². The standard InChI is InChI=1S/C21H20F3N7O2S/c1-11-28-17-16(20(2,3)33-4)14(10-25-18(17)34-11)30-19(32)29-12-5-6-15(31-26-7-8-27-31)13(9-12)21(22,23)24/h5-10H,1-4H3,(H2,29,30,32). The first-order chi connectivity index (χ1) is 16.0. The molecule has 1 aromatic carbocycles. The van der Waals surface area contributed by atoms with Crippen LogP contribution in [-0.2, 0) is 16.5 Å². The second-order valence-electron chi connectivity index (χ2n) is 7.78. The highest BCUT2D eigenvalue weighted by Crippen LogP contribution is 2.38. The van der Waals surface area contributed by atoms with Crippen molar-refractivity contribution in [1.29, 1.82) is 0 Å². The number of urea groups is 1. The van der Waals surface area contributed by atoms with Gasteiger partial charge in [-0.05, 0) is 39.0 Å². The first-order valence-corrected chi connectivity index (χ1v) is 10.8. The van der Waals surface area contributed by atoms with Gasteiger partial charge in [0.2, 0.25) is 0 Å². The monoisotopic (exact) mass is 491 g/mol. The van der Waals surface area contributed by atoms with E-state index < -0.39 is 23.4 Å². The molecule has 0 aliphatic heterocycles. The average molecular weight is 491 g/mol. The molecule has 0 saturated heterocycles. The predicted molar refractivity (Wildman–Crippen MR) is 121 cm³/mol. The molecule has 3 aromatic heterocycles. The number of benzene rings is 1. The third-order valence-electron chi connectivity index (χ3n) is 5.09. The number of carbonyl (C=O) groups excluding carboxylic acids is 1. The van der Waals surface area contributed by atoms with Gasteiger partial charge >= 0.3 is 12.2 Å². The number of carbonyl (C=O) groups is 1. The number of hydrogen-bond donors (Lipinski definition) is 2. The van der Waals surface area contributed by atoms with Crippen LogP contribution in [0.3, 0.4) is 0 Å². The van der Waals surface area contributed by atoms with E-state index in [2.05, 4.69) is 30.8 Å². The molecule has 0 atom stereocenters. The number of alkyl halides is 3. The molecule has 4 aromatic rings. The lowest BCUT2D eigenvalue weighted by atomic mass is 9.96. The molecule has 0 unspecified atom stereocenters. The van der Waals surface area contributed by atoms with Gasteiger partial charge in [-0.15, -0.1) is 0 Å². The molecule has 34 heavy (non-hydrogen) atoms. The molecule has 0 radical (unpaired) electrons. The second kappa shape index (κ2) is 8.65. The van der Waals surface area contributed by atoms with Gasteiger partial charge in [-0.3, -0.25) is 0 Å². The number of fused-ring (bicyclic) bond motifs is 1. The van der Waals surface area contributed by atoms with E-state index in [1.807, 2.05) is 20.8 Å². The summed E-state index contributed by atoms with van der Waals surface area (Å²) >= 11 is 1.40. The Hall–Kier alpha value is -3.58. The number of aryl methyl sites for hydroxylation is 1. The predicted octanol–water partition coefficient (Wildman–Crippen LogP) is 5.12. The normalized spacial score (nSPS) is 12.2. The second-order valence-corrected chi connectivity index (χ2v) is 8.96. The molecular weight excluding hydrogens is 471 g/mol. The summed E-state index contributed by atoms with van der Waals surface area (Å²) in [4.78, 5) is 23.2. The number of thiazole rings is 1. The molecule has 2 N–H and O–H groups in total. The van der Waals surface area contributed by atoms with Crippen molar-refractivity contribution in [3.63, 3.8) is 0 Å². The maximum Gasteiger partial charge on any atom is 0.418 e. The van der Waals surface area contributed by atoms with E-state index in [1.165, 1.54) is 49.2 Å². The summed E-state index contributed by atoms with van der Waals surface area (Å²) in [6.45, 7) is 5.48. The van der Waals surface area contributed by atoms with Crippen molar-refractivity contribution in [1.82, 2.24) is 25.0 Å². The van der Waals surface area contributed by atoms with Crippen molar-refractivity contribution in [3.05, 3.63) is 52.9 Å². The van der Waals surface area contributed by atoms with Crippen LogP contribution in [0.4, 0.5) is 29.3 Å². The van der Waals surface area contributed by atoms with Crippen LogP contribution in [0.15, 0.2) is 36.8 Å². The molecule has 0 fully saturated rings. The molecule has 0 spiro atoms. The zero-order chi connectivity index (χ0) is 24.7. The number of rotatable bonds is 5. The third kappa shape index (κ3) is 4.56. The van der Waals surface area contributed by atoms with Crippen molar-refractivity contribution in [2.24, 2.45) is 0 Å². The number of ether oxygens (including phenoxy) is 1. The molecule has 0 bridgehead atoms. The van der Waals surface area contributed by atoms with Gasteiger partial charge in [0.25, 0.3) is 0 Å². The van der Waals surface area contributed by atoms with E-state index in [9.17, 15) is 18.0 Å². The third-order valence-corrected chi connectivity index (χ3v) is 5.97. The number of halogens is 3. The summed E-state index contributed by atoms with van der Waals surface area (Å²) < 4.78 is 46.6. The minimum Gasteiger partial charge on any atom is -0.374 e. The van der Waals surface area contributed by atoms with Crippen LogP contribution < -0.4 is 10.6 Å². The Balaban J connectivity index is 1.65. The van der Waals surface area contributed by atoms with Gasteiger partial charge in [0, 0.05) is 18.4 Å². The maximum atomic E-state index is 13.7. The van der Waals surface area contributed by atoms with Crippen LogP contribution in [0.25, 0.3) is 16.0 Å². The fourth-order valence-electron chi connectivity index (χ4n) is 3.43. The van der Waals surface area contributed by atoms with E-state index in [1.54, 1.807) is 0 Å². The molecule has 178 valence electrons. The van der Waals surface area contributed by atoms with E-state index in [4.69, 9.17) is 4.74 Å². The van der Waals surface area contributed by atoms with Crippen molar-refractivity contribution in [2.75, 3.05) is 17.7 Å². The van der Waals surface area contributed by atoms with Crippen LogP contribution >= 0.6 is 11.3 Å². The zero-order valence-corrected chi connectivity index (χ0v) is 19.4. The van der Waals surface area contributed by atoms with Gasteiger partial charge in [-0.2, -0.15) is 28.2 Å². The lowest BCUT2D eigenvalue weighted by Gasteiger charge is -2.26. The number of hydrogen-bond acceptors (Lipinski definition) is 7. The summed E-state index contributed by atoms with van der Waals surface area (Å²) in [5.74, 6) is 0. The molecule has 0 aliphatic rings. The lowest BCUT2D eigenvalue weighted by molar-refractivity contribution is -0.137. The van der Waals surface area contributed by atoms with Gasteiger partial charge in [-0.25, -0.2) is 14.8 Å². The average Bonchev–Trinajstić information content (AvgIpc) is 3.41. The highest BCUT2D eigenvalue weighted by Gasteiger charge is 2.35. The first kappa shape index (κ1) is 23.6. The smallest absolute Gasteiger partial charge is 0.374 e. The Morgan fingerprint density at radius 2 is 1.85 bits per heavy atom. The van der Waals surface area contributed by atoms with Crippen molar-refractivity contribution < 1.29 is 22.7 Å². The summed E-state index contributed by atoms with van der Waals surface area (Å²) in [6.07, 6.45) is -0.672. The minimum atomic E-state index is -4.69. The van der Waals surface area contributed by atoms with Crippen LogP contribution in [0.5, 0.6) is 0 Å². The quantitative estimate of drug-likeness (QED) is 0.401. The van der Waals surface area contributed by atoms with Crippen LogP contribution in [0.2, 0.25) is 0 Å². The maximum absolute atomic E-state index is 13.7. The number of methoxy groups -OCH3 is 1. The van der Waals surface area contributed by atoms with Crippen molar-refractivity contribution in [3.8, 4) is 5.69 Å². The van der Waals surface area contributed by atoms with Crippen molar-refractivity contribution in [2.45, 2.75) is 32.5 Å². The molecular formula is C21H20F3N7O2S. The van der Waals surface area contributed by atoms with Crippen molar-refractivity contribution >= 4 is 39.1 Å². The first-order valence-electron chi connectivity index (χ1n) is 9.97. The molecule has 3 heterocycles. The number of amides is 2. The Morgan fingerprint density at radius 3 is 2.50 bits per heavy atom. The van der Waals surface area contributed by atoms with Gasteiger partial charge < -0.3 is 15.4 Å². The Morgan fingerprint density at radius 1 is 1.15 bits per heavy atom. The number of pyridine rings is 1.